The van der Waals surface area contributed by atoms with Gasteiger partial charge in [-0.05, 0) is 12.3 Å². The number of carboxylic acids is 1. The molecule has 0 aromatic carbocycles. The lowest BCUT2D eigenvalue weighted by Gasteiger charge is -2.19. The average Bonchev–Trinajstić information content (AvgIpc) is 2.21. The van der Waals surface area contributed by atoms with Crippen LogP contribution in [0.5, 0.6) is 0 Å². The molecule has 0 aliphatic heterocycles. The predicted octanol–water partition coefficient (Wildman–Crippen LogP) is 3.40. The molecule has 0 unspecified atom stereocenters. The van der Waals surface area contributed by atoms with Gasteiger partial charge in [0.1, 0.15) is 0 Å². The highest BCUT2D eigenvalue weighted by Gasteiger charge is 2.10. The van der Waals surface area contributed by atoms with Crippen LogP contribution in [0.1, 0.15) is 38.5 Å². The Labute approximate surface area is 86.3 Å². The van der Waals surface area contributed by atoms with Crippen molar-refractivity contribution in [1.82, 2.24) is 0 Å². The average molecular weight is 196 g/mol. The molecule has 0 atom stereocenters. The van der Waals surface area contributed by atoms with Crippen LogP contribution in [0.3, 0.4) is 0 Å². The second kappa shape index (κ2) is 8.54. The highest BCUT2D eigenvalue weighted by molar-refractivity contribution is 5.78. The van der Waals surface area contributed by atoms with E-state index in [4.69, 9.17) is 5.11 Å². The van der Waals surface area contributed by atoms with Crippen LogP contribution >= 0.6 is 0 Å². The number of carbonyl (C=O) groups is 1. The summed E-state index contributed by atoms with van der Waals surface area (Å²) in [7, 11) is 0. The first-order chi connectivity index (χ1) is 6.70. The molecule has 1 N–H and O–H groups in total. The quantitative estimate of drug-likeness (QED) is 0.555. The van der Waals surface area contributed by atoms with Gasteiger partial charge in [0.2, 0.25) is 0 Å². The van der Waals surface area contributed by atoms with Crippen molar-refractivity contribution in [3.8, 4) is 0 Å². The van der Waals surface area contributed by atoms with E-state index in [0.29, 0.717) is 0 Å². The lowest BCUT2D eigenvalue weighted by atomic mass is 9.87. The monoisotopic (exact) mass is 196 g/mol. The summed E-state index contributed by atoms with van der Waals surface area (Å²) >= 11 is 0. The van der Waals surface area contributed by atoms with Crippen molar-refractivity contribution in [3.05, 3.63) is 25.3 Å². The van der Waals surface area contributed by atoms with Crippen LogP contribution in [0.2, 0.25) is 0 Å². The molecule has 1 rings (SSSR count). The third kappa shape index (κ3) is 7.59. The Bertz CT molecular complexity index is 179. The Hall–Kier alpha value is -1.05. The first-order valence-electron chi connectivity index (χ1n) is 5.17. The number of hydrogen-bond donors (Lipinski definition) is 1. The second-order valence-corrected chi connectivity index (χ2v) is 3.57. The largest absolute Gasteiger partial charge is 0.478 e. The van der Waals surface area contributed by atoms with E-state index >= 15 is 0 Å². The van der Waals surface area contributed by atoms with Gasteiger partial charge < -0.3 is 5.11 Å². The molecule has 0 saturated heterocycles. The van der Waals surface area contributed by atoms with Gasteiger partial charge in [-0.2, -0.15) is 0 Å². The summed E-state index contributed by atoms with van der Waals surface area (Å²) in [6.07, 6.45) is 11.4. The molecular weight excluding hydrogens is 176 g/mol. The zero-order valence-corrected chi connectivity index (χ0v) is 8.74. The topological polar surface area (TPSA) is 37.3 Å². The number of aliphatic carboxylic acids is 1. The smallest absolute Gasteiger partial charge is 0.327 e. The van der Waals surface area contributed by atoms with Crippen LogP contribution in [0.25, 0.3) is 0 Å². The first-order valence-corrected chi connectivity index (χ1v) is 5.17. The van der Waals surface area contributed by atoms with Gasteiger partial charge in [0, 0.05) is 6.08 Å². The molecule has 1 aliphatic carbocycles. The summed E-state index contributed by atoms with van der Waals surface area (Å²) < 4.78 is 0. The van der Waals surface area contributed by atoms with E-state index in [-0.39, 0.29) is 0 Å². The minimum Gasteiger partial charge on any atom is -0.478 e. The fraction of sp³-hybridized carbons (Fsp3) is 0.583. The van der Waals surface area contributed by atoms with Gasteiger partial charge in [0.05, 0.1) is 0 Å². The van der Waals surface area contributed by atoms with Crippen molar-refractivity contribution in [1.29, 1.82) is 0 Å². The van der Waals surface area contributed by atoms with Crippen LogP contribution < -0.4 is 0 Å². The Morgan fingerprint density at radius 1 is 1.29 bits per heavy atom. The molecular formula is C12H20O2. The van der Waals surface area contributed by atoms with E-state index in [9.17, 15) is 4.79 Å². The van der Waals surface area contributed by atoms with E-state index in [1.807, 2.05) is 0 Å². The van der Waals surface area contributed by atoms with Gasteiger partial charge in [-0.25, -0.2) is 4.79 Å². The van der Waals surface area contributed by atoms with E-state index in [0.717, 1.165) is 12.0 Å². The molecule has 0 radical (unpaired) electrons. The van der Waals surface area contributed by atoms with Crippen LogP contribution in [0, 0.1) is 5.92 Å². The fourth-order valence-electron chi connectivity index (χ4n) is 1.66. The maximum atomic E-state index is 9.25. The maximum Gasteiger partial charge on any atom is 0.327 e. The van der Waals surface area contributed by atoms with Gasteiger partial charge in [0.25, 0.3) is 0 Å². The highest BCUT2D eigenvalue weighted by Crippen LogP contribution is 2.25. The first kappa shape index (κ1) is 12.9. The molecule has 0 bridgehead atoms. The summed E-state index contributed by atoms with van der Waals surface area (Å²) in [4.78, 5) is 9.25. The molecule has 0 aromatic rings. The Morgan fingerprint density at radius 2 is 1.79 bits per heavy atom. The molecule has 1 fully saturated rings. The zero-order chi connectivity index (χ0) is 10.8. The van der Waals surface area contributed by atoms with Crippen molar-refractivity contribution in [2.75, 3.05) is 0 Å². The molecule has 0 heterocycles. The number of allylic oxidation sites excluding steroid dienone is 1. The predicted molar refractivity (Wildman–Crippen MR) is 59.2 cm³/mol. The summed E-state index contributed by atoms with van der Waals surface area (Å²) in [5, 5.41) is 7.60. The van der Waals surface area contributed by atoms with Gasteiger partial charge in [0.15, 0.2) is 0 Å². The zero-order valence-electron chi connectivity index (χ0n) is 8.74. The molecule has 80 valence electrons. The minimum absolute atomic E-state index is 0.833. The highest BCUT2D eigenvalue weighted by atomic mass is 16.4. The van der Waals surface area contributed by atoms with Crippen molar-refractivity contribution >= 4 is 5.97 Å². The molecule has 0 spiro atoms. The molecule has 1 aliphatic rings. The number of carboxylic acid groups (broad SMARTS) is 1. The standard InChI is InChI=1S/C9H16.C3H4O2/c1-2-6-9-7-4-3-5-8-9;1-2-3(4)5/h2,9H,1,3-8H2;2H,1H2,(H,4,5). The number of hydrogen-bond acceptors (Lipinski definition) is 1. The minimum atomic E-state index is -0.981. The molecule has 1 saturated carbocycles. The summed E-state index contributed by atoms with van der Waals surface area (Å²) in [6.45, 7) is 6.72. The Balaban J connectivity index is 0.000000292. The lowest BCUT2D eigenvalue weighted by molar-refractivity contribution is -0.131. The Kier molecular flexibility index (Phi) is 7.90. The van der Waals surface area contributed by atoms with Crippen LogP contribution in [-0.4, -0.2) is 11.1 Å². The number of rotatable bonds is 3. The van der Waals surface area contributed by atoms with Crippen LogP contribution in [-0.2, 0) is 4.79 Å². The SMILES string of the molecule is C=CC(=O)O.C=CCC1CCCCC1. The van der Waals surface area contributed by atoms with E-state index < -0.39 is 5.97 Å². The summed E-state index contributed by atoms with van der Waals surface area (Å²) in [6, 6.07) is 0. The van der Waals surface area contributed by atoms with Crippen LogP contribution in [0.4, 0.5) is 0 Å². The molecule has 2 heteroatoms. The third-order valence-electron chi connectivity index (χ3n) is 2.40. The van der Waals surface area contributed by atoms with Gasteiger partial charge in [-0.1, -0.05) is 44.8 Å². The fourth-order valence-corrected chi connectivity index (χ4v) is 1.66. The van der Waals surface area contributed by atoms with Crippen molar-refractivity contribution in [3.63, 3.8) is 0 Å². The molecule has 0 aromatic heterocycles. The van der Waals surface area contributed by atoms with E-state index in [1.165, 1.54) is 38.5 Å². The van der Waals surface area contributed by atoms with Gasteiger partial charge in [-0.3, -0.25) is 0 Å². The van der Waals surface area contributed by atoms with Gasteiger partial charge >= 0.3 is 5.97 Å². The molecule has 2 nitrogen and oxygen atoms in total. The lowest BCUT2D eigenvalue weighted by Crippen LogP contribution is -2.04. The molecule has 0 amide bonds. The van der Waals surface area contributed by atoms with Gasteiger partial charge in [-0.15, -0.1) is 6.58 Å². The normalized spacial score (nSPS) is 16.3. The van der Waals surface area contributed by atoms with E-state index in [1.54, 1.807) is 0 Å². The summed E-state index contributed by atoms with van der Waals surface area (Å²) in [5.74, 6) is 0.00116. The van der Waals surface area contributed by atoms with Crippen molar-refractivity contribution in [2.45, 2.75) is 38.5 Å². The van der Waals surface area contributed by atoms with Crippen LogP contribution in [0.15, 0.2) is 25.3 Å². The van der Waals surface area contributed by atoms with Crippen molar-refractivity contribution < 1.29 is 9.90 Å². The molecule has 14 heavy (non-hydrogen) atoms. The third-order valence-corrected chi connectivity index (χ3v) is 2.40. The summed E-state index contributed by atoms with van der Waals surface area (Å²) in [5.41, 5.74) is 0. The Morgan fingerprint density at radius 3 is 2.14 bits per heavy atom. The second-order valence-electron chi connectivity index (χ2n) is 3.57. The maximum absolute atomic E-state index is 9.25. The van der Waals surface area contributed by atoms with E-state index in [2.05, 4.69) is 19.2 Å². The van der Waals surface area contributed by atoms with Crippen molar-refractivity contribution in [2.24, 2.45) is 5.92 Å².